The van der Waals surface area contributed by atoms with Crippen molar-refractivity contribution in [3.63, 3.8) is 0 Å². The van der Waals surface area contributed by atoms with Crippen LogP contribution in [0.25, 0.3) is 0 Å². The van der Waals surface area contributed by atoms with Gasteiger partial charge in [0.2, 0.25) is 0 Å². The van der Waals surface area contributed by atoms with Crippen LogP contribution in [0.1, 0.15) is 11.5 Å². The molecule has 2 aliphatic rings. The van der Waals surface area contributed by atoms with Crippen molar-refractivity contribution in [3.8, 4) is 0 Å². The number of anilines is 1. The minimum atomic E-state index is 0.525. The molecule has 0 spiro atoms. The largest absolute Gasteiger partial charge is 0.367 e. The van der Waals surface area contributed by atoms with E-state index >= 15 is 0 Å². The molecule has 0 aromatic heterocycles. The van der Waals surface area contributed by atoms with Crippen molar-refractivity contribution in [2.24, 2.45) is 0 Å². The van der Waals surface area contributed by atoms with E-state index in [0.29, 0.717) is 12.0 Å². The van der Waals surface area contributed by atoms with Crippen LogP contribution in [0.15, 0.2) is 48.6 Å². The molecule has 0 saturated carbocycles. The Bertz CT molecular complexity index is 417. The number of allylic oxidation sites excluding steroid dienone is 2. The van der Waals surface area contributed by atoms with E-state index in [-0.39, 0.29) is 0 Å². The predicted molar refractivity (Wildman–Crippen MR) is 59.7 cm³/mol. The lowest BCUT2D eigenvalue weighted by Gasteiger charge is -2.23. The van der Waals surface area contributed by atoms with Gasteiger partial charge in [0.15, 0.2) is 0 Å². The van der Waals surface area contributed by atoms with Gasteiger partial charge in [-0.1, -0.05) is 42.5 Å². The molecule has 1 heteroatoms. The summed E-state index contributed by atoms with van der Waals surface area (Å²) in [5, 5.41) is 0. The van der Waals surface area contributed by atoms with Gasteiger partial charge in [-0.15, -0.1) is 0 Å². The Kier molecular flexibility index (Phi) is 1.54. The molecule has 2 atom stereocenters. The maximum absolute atomic E-state index is 2.36. The van der Waals surface area contributed by atoms with E-state index in [2.05, 4.69) is 60.5 Å². The number of rotatable bonds is 0. The number of benzene rings is 1. The fourth-order valence-corrected chi connectivity index (χ4v) is 2.50. The molecule has 0 saturated heterocycles. The van der Waals surface area contributed by atoms with E-state index in [9.17, 15) is 0 Å². The molecule has 1 heterocycles. The van der Waals surface area contributed by atoms with Crippen LogP contribution in [0.4, 0.5) is 5.69 Å². The van der Waals surface area contributed by atoms with Crippen LogP contribution in [0.5, 0.6) is 0 Å². The number of fused-ring (bicyclic) bond motifs is 3. The topological polar surface area (TPSA) is 3.24 Å². The monoisotopic (exact) mass is 183 g/mol. The van der Waals surface area contributed by atoms with E-state index in [0.717, 1.165) is 0 Å². The van der Waals surface area contributed by atoms with Crippen molar-refractivity contribution in [2.75, 3.05) is 11.9 Å². The van der Waals surface area contributed by atoms with Crippen molar-refractivity contribution in [3.05, 3.63) is 54.1 Å². The third-order valence-corrected chi connectivity index (χ3v) is 3.23. The number of para-hydroxylation sites is 1. The van der Waals surface area contributed by atoms with Gasteiger partial charge in [0.05, 0.1) is 6.04 Å². The quantitative estimate of drug-likeness (QED) is 0.597. The van der Waals surface area contributed by atoms with Gasteiger partial charge in [0.1, 0.15) is 0 Å². The second kappa shape index (κ2) is 2.74. The van der Waals surface area contributed by atoms with Crippen LogP contribution in [-0.4, -0.2) is 13.1 Å². The normalized spacial score (nSPS) is 27.6. The molecular weight excluding hydrogens is 170 g/mol. The van der Waals surface area contributed by atoms with Crippen molar-refractivity contribution in [1.82, 2.24) is 0 Å². The minimum Gasteiger partial charge on any atom is -0.367 e. The van der Waals surface area contributed by atoms with Crippen LogP contribution in [0.3, 0.4) is 0 Å². The Balaban J connectivity index is 2.17. The van der Waals surface area contributed by atoms with Gasteiger partial charge in [0, 0.05) is 18.7 Å². The summed E-state index contributed by atoms with van der Waals surface area (Å²) in [6, 6.07) is 9.20. The van der Waals surface area contributed by atoms with Crippen molar-refractivity contribution in [2.45, 2.75) is 12.0 Å². The summed E-state index contributed by atoms with van der Waals surface area (Å²) in [5.74, 6) is 0.557. The molecule has 1 unspecified atom stereocenters. The zero-order valence-corrected chi connectivity index (χ0v) is 8.22. The molecule has 0 amide bonds. The van der Waals surface area contributed by atoms with Gasteiger partial charge >= 0.3 is 0 Å². The Morgan fingerprint density at radius 1 is 1.07 bits per heavy atom. The second-order valence-corrected chi connectivity index (χ2v) is 3.96. The Morgan fingerprint density at radius 2 is 1.86 bits per heavy atom. The van der Waals surface area contributed by atoms with Gasteiger partial charge < -0.3 is 4.90 Å². The van der Waals surface area contributed by atoms with E-state index in [4.69, 9.17) is 0 Å². The Morgan fingerprint density at radius 3 is 2.79 bits per heavy atom. The zero-order valence-electron chi connectivity index (χ0n) is 8.22. The second-order valence-electron chi connectivity index (χ2n) is 3.96. The van der Waals surface area contributed by atoms with Crippen molar-refractivity contribution >= 4 is 5.69 Å². The van der Waals surface area contributed by atoms with E-state index in [1.807, 2.05) is 0 Å². The molecule has 1 aliphatic carbocycles. The van der Waals surface area contributed by atoms with Crippen molar-refractivity contribution in [1.29, 1.82) is 0 Å². The summed E-state index contributed by atoms with van der Waals surface area (Å²) in [4.78, 5) is 2.36. The first-order valence-corrected chi connectivity index (χ1v) is 5.05. The highest BCUT2D eigenvalue weighted by molar-refractivity contribution is 5.64. The van der Waals surface area contributed by atoms with E-state index in [1.54, 1.807) is 0 Å². The molecule has 1 nitrogen and oxygen atoms in total. The lowest BCUT2D eigenvalue weighted by atomic mass is 9.92. The summed E-state index contributed by atoms with van der Waals surface area (Å²) in [7, 11) is 2.17. The average molecular weight is 183 g/mol. The number of hydrogen-bond donors (Lipinski definition) is 0. The third kappa shape index (κ3) is 0.897. The molecule has 1 aromatic carbocycles. The van der Waals surface area contributed by atoms with E-state index < -0.39 is 0 Å². The molecule has 14 heavy (non-hydrogen) atoms. The van der Waals surface area contributed by atoms with Crippen LogP contribution < -0.4 is 4.90 Å². The van der Waals surface area contributed by atoms with Gasteiger partial charge in [-0.3, -0.25) is 0 Å². The fourth-order valence-electron chi connectivity index (χ4n) is 2.50. The number of hydrogen-bond acceptors (Lipinski definition) is 1. The highest BCUT2D eigenvalue weighted by Crippen LogP contribution is 2.42. The van der Waals surface area contributed by atoms with Crippen LogP contribution in [-0.2, 0) is 0 Å². The van der Waals surface area contributed by atoms with Crippen molar-refractivity contribution < 1.29 is 0 Å². The summed E-state index contributed by atoms with van der Waals surface area (Å²) in [6.07, 6.45) is 8.87. The molecule has 0 radical (unpaired) electrons. The maximum atomic E-state index is 2.36. The first kappa shape index (κ1) is 7.86. The molecule has 0 bridgehead atoms. The van der Waals surface area contributed by atoms with Gasteiger partial charge in [-0.2, -0.15) is 0 Å². The first-order chi connectivity index (χ1) is 6.88. The zero-order chi connectivity index (χ0) is 9.54. The molecule has 0 N–H and O–H groups in total. The highest BCUT2D eigenvalue weighted by Gasteiger charge is 2.33. The fraction of sp³-hybridized carbons (Fsp3) is 0.231. The summed E-state index contributed by atoms with van der Waals surface area (Å²) in [5.41, 5.74) is 2.83. The standard InChI is InChI=1S/C13H13N/c1-14-12-8-4-2-6-10(12)11-7-3-5-9-13(11)14/h2-10,12H,1H3/t10-,12?/m0/s1. The maximum Gasteiger partial charge on any atom is 0.0577 e. The predicted octanol–water partition coefficient (Wildman–Crippen LogP) is 2.71. The molecule has 70 valence electrons. The summed E-state index contributed by atoms with van der Waals surface area (Å²) < 4.78 is 0. The lowest BCUT2D eigenvalue weighted by molar-refractivity contribution is 0.723. The van der Waals surface area contributed by atoms with Gasteiger partial charge in [-0.25, -0.2) is 0 Å². The summed E-state index contributed by atoms with van der Waals surface area (Å²) in [6.45, 7) is 0. The number of likely N-dealkylation sites (N-methyl/N-ethyl adjacent to an activating group) is 1. The molecular formula is C13H13N. The van der Waals surface area contributed by atoms with Gasteiger partial charge in [-0.05, 0) is 11.6 Å². The van der Waals surface area contributed by atoms with Crippen LogP contribution in [0, 0.1) is 0 Å². The average Bonchev–Trinajstić information content (AvgIpc) is 2.55. The molecule has 0 fully saturated rings. The first-order valence-electron chi connectivity index (χ1n) is 5.05. The van der Waals surface area contributed by atoms with Crippen LogP contribution in [0.2, 0.25) is 0 Å². The highest BCUT2D eigenvalue weighted by atomic mass is 15.2. The molecule has 3 rings (SSSR count). The smallest absolute Gasteiger partial charge is 0.0577 e. The third-order valence-electron chi connectivity index (χ3n) is 3.23. The lowest BCUT2D eigenvalue weighted by Crippen LogP contribution is -2.28. The van der Waals surface area contributed by atoms with Gasteiger partial charge in [0.25, 0.3) is 0 Å². The summed E-state index contributed by atoms with van der Waals surface area (Å²) >= 11 is 0. The molecule has 1 aliphatic heterocycles. The Hall–Kier alpha value is -1.50. The van der Waals surface area contributed by atoms with E-state index in [1.165, 1.54) is 11.3 Å². The number of nitrogens with zero attached hydrogens (tertiary/aromatic N) is 1. The minimum absolute atomic E-state index is 0.525. The molecule has 1 aromatic rings. The SMILES string of the molecule is CN1c2ccccc2[C@@H]2C=CC=CC21. The Labute approximate surface area is 84.4 Å². The van der Waals surface area contributed by atoms with Crippen LogP contribution >= 0.6 is 0 Å².